The monoisotopic (exact) mass is 300 g/mol. The third kappa shape index (κ3) is 5.51. The van der Waals surface area contributed by atoms with Crippen molar-refractivity contribution in [3.8, 4) is 0 Å². The topological polar surface area (TPSA) is 33.7 Å². The van der Waals surface area contributed by atoms with Crippen molar-refractivity contribution >= 4 is 0 Å². The number of likely N-dealkylation sites (N-methyl/N-ethyl adjacent to an activating group) is 1. The standard InChI is InChI=1S/C17H36N2O2/c1-7-18-16-11-13(2)10-14(3)17(16)19(8-9-20-5)15(4)12-21-6/h13-18H,7-12H2,1-6H3. The average molecular weight is 300 g/mol. The number of rotatable bonds is 9. The van der Waals surface area contributed by atoms with Gasteiger partial charge < -0.3 is 14.8 Å². The molecular weight excluding hydrogens is 264 g/mol. The normalized spacial score (nSPS) is 31.6. The fourth-order valence-corrected chi connectivity index (χ4v) is 4.06. The van der Waals surface area contributed by atoms with Crippen LogP contribution >= 0.6 is 0 Å². The van der Waals surface area contributed by atoms with Crippen molar-refractivity contribution in [1.82, 2.24) is 10.2 Å². The summed E-state index contributed by atoms with van der Waals surface area (Å²) < 4.78 is 10.7. The highest BCUT2D eigenvalue weighted by Gasteiger charge is 2.38. The van der Waals surface area contributed by atoms with E-state index in [-0.39, 0.29) is 0 Å². The first-order chi connectivity index (χ1) is 10.0. The molecule has 0 aromatic carbocycles. The fraction of sp³-hybridized carbons (Fsp3) is 1.00. The second kappa shape index (κ2) is 9.78. The zero-order chi connectivity index (χ0) is 15.8. The van der Waals surface area contributed by atoms with E-state index in [1.54, 1.807) is 14.2 Å². The molecule has 4 heteroatoms. The highest BCUT2D eigenvalue weighted by Crippen LogP contribution is 2.33. The average Bonchev–Trinajstić information content (AvgIpc) is 2.42. The maximum atomic E-state index is 5.40. The van der Waals surface area contributed by atoms with Gasteiger partial charge in [-0.1, -0.05) is 20.8 Å². The maximum Gasteiger partial charge on any atom is 0.0615 e. The Morgan fingerprint density at radius 2 is 1.90 bits per heavy atom. The SMILES string of the molecule is CCNC1CC(C)CC(C)C1N(CCOC)C(C)COC. The van der Waals surface area contributed by atoms with Gasteiger partial charge in [0.05, 0.1) is 13.2 Å². The molecule has 0 spiro atoms. The van der Waals surface area contributed by atoms with Crippen LogP contribution in [0.1, 0.15) is 40.5 Å². The van der Waals surface area contributed by atoms with Gasteiger partial charge in [0.15, 0.2) is 0 Å². The summed E-state index contributed by atoms with van der Waals surface area (Å²) in [5.41, 5.74) is 0. The summed E-state index contributed by atoms with van der Waals surface area (Å²) in [5.74, 6) is 1.51. The predicted molar refractivity (Wildman–Crippen MR) is 88.7 cm³/mol. The van der Waals surface area contributed by atoms with E-state index in [1.807, 2.05) is 0 Å². The van der Waals surface area contributed by atoms with Crippen molar-refractivity contribution < 1.29 is 9.47 Å². The molecule has 5 atom stereocenters. The van der Waals surface area contributed by atoms with Gasteiger partial charge in [0.2, 0.25) is 0 Å². The van der Waals surface area contributed by atoms with Crippen LogP contribution in [0.5, 0.6) is 0 Å². The molecule has 0 amide bonds. The molecule has 0 aromatic rings. The van der Waals surface area contributed by atoms with E-state index in [0.29, 0.717) is 24.0 Å². The Morgan fingerprint density at radius 1 is 1.19 bits per heavy atom. The minimum absolute atomic E-state index is 0.423. The number of methoxy groups -OCH3 is 2. The Bertz CT molecular complexity index is 276. The zero-order valence-corrected chi connectivity index (χ0v) is 14.9. The summed E-state index contributed by atoms with van der Waals surface area (Å²) in [6.45, 7) is 12.8. The van der Waals surface area contributed by atoms with Crippen LogP contribution in [-0.2, 0) is 9.47 Å². The smallest absolute Gasteiger partial charge is 0.0615 e. The van der Waals surface area contributed by atoms with Gasteiger partial charge in [0.1, 0.15) is 0 Å². The predicted octanol–water partition coefficient (Wildman–Crippen LogP) is 2.38. The minimum atomic E-state index is 0.423. The molecule has 0 saturated heterocycles. The molecule has 1 N–H and O–H groups in total. The molecule has 0 radical (unpaired) electrons. The van der Waals surface area contributed by atoms with Crippen molar-refractivity contribution in [2.45, 2.75) is 58.7 Å². The van der Waals surface area contributed by atoms with Crippen molar-refractivity contribution in [3.05, 3.63) is 0 Å². The summed E-state index contributed by atoms with van der Waals surface area (Å²) >= 11 is 0. The van der Waals surface area contributed by atoms with Crippen LogP contribution in [0.25, 0.3) is 0 Å². The summed E-state index contributed by atoms with van der Waals surface area (Å²) in [6.07, 6.45) is 2.59. The van der Waals surface area contributed by atoms with Crippen LogP contribution < -0.4 is 5.32 Å². The van der Waals surface area contributed by atoms with Crippen molar-refractivity contribution in [2.24, 2.45) is 11.8 Å². The van der Waals surface area contributed by atoms with Crippen LogP contribution in [0.4, 0.5) is 0 Å². The van der Waals surface area contributed by atoms with Crippen LogP contribution in [0.2, 0.25) is 0 Å². The van der Waals surface area contributed by atoms with E-state index >= 15 is 0 Å². The lowest BCUT2D eigenvalue weighted by Crippen LogP contribution is -2.60. The van der Waals surface area contributed by atoms with Gasteiger partial charge in [0.25, 0.3) is 0 Å². The highest BCUT2D eigenvalue weighted by atomic mass is 16.5. The van der Waals surface area contributed by atoms with Crippen LogP contribution in [0.3, 0.4) is 0 Å². The quantitative estimate of drug-likeness (QED) is 0.709. The Balaban J connectivity index is 2.87. The van der Waals surface area contributed by atoms with Crippen LogP contribution in [-0.4, -0.2) is 63.5 Å². The largest absolute Gasteiger partial charge is 0.383 e. The molecule has 1 rings (SSSR count). The lowest BCUT2D eigenvalue weighted by atomic mass is 9.75. The molecule has 1 aliphatic rings. The summed E-state index contributed by atoms with van der Waals surface area (Å²) in [7, 11) is 3.58. The van der Waals surface area contributed by atoms with Crippen molar-refractivity contribution in [3.63, 3.8) is 0 Å². The third-order valence-electron chi connectivity index (χ3n) is 4.80. The highest BCUT2D eigenvalue weighted by molar-refractivity contribution is 4.95. The Labute approximate surface area is 131 Å². The van der Waals surface area contributed by atoms with Gasteiger partial charge in [0, 0.05) is 38.9 Å². The van der Waals surface area contributed by atoms with Crippen molar-refractivity contribution in [1.29, 1.82) is 0 Å². The van der Waals surface area contributed by atoms with E-state index < -0.39 is 0 Å². The number of ether oxygens (including phenoxy) is 2. The third-order valence-corrected chi connectivity index (χ3v) is 4.80. The first-order valence-electron chi connectivity index (χ1n) is 8.52. The van der Waals surface area contributed by atoms with Crippen LogP contribution in [0, 0.1) is 11.8 Å². The van der Waals surface area contributed by atoms with Gasteiger partial charge in [-0.15, -0.1) is 0 Å². The van der Waals surface area contributed by atoms with Gasteiger partial charge in [-0.2, -0.15) is 0 Å². The van der Waals surface area contributed by atoms with Crippen LogP contribution in [0.15, 0.2) is 0 Å². The number of hydrogen-bond acceptors (Lipinski definition) is 4. The molecule has 4 nitrogen and oxygen atoms in total. The van der Waals surface area contributed by atoms with E-state index in [0.717, 1.165) is 32.2 Å². The van der Waals surface area contributed by atoms with Gasteiger partial charge in [-0.05, 0) is 38.1 Å². The first-order valence-corrected chi connectivity index (χ1v) is 8.52. The number of nitrogens with one attached hydrogen (secondary N) is 1. The zero-order valence-electron chi connectivity index (χ0n) is 14.9. The fourth-order valence-electron chi connectivity index (χ4n) is 4.06. The van der Waals surface area contributed by atoms with E-state index in [1.165, 1.54) is 12.8 Å². The molecule has 5 unspecified atom stereocenters. The maximum absolute atomic E-state index is 5.40. The Hall–Kier alpha value is -0.160. The van der Waals surface area contributed by atoms with E-state index in [2.05, 4.69) is 37.9 Å². The number of hydrogen-bond donors (Lipinski definition) is 1. The summed E-state index contributed by atoms with van der Waals surface area (Å²) in [4.78, 5) is 2.61. The molecule has 0 bridgehead atoms. The summed E-state index contributed by atoms with van der Waals surface area (Å²) in [5, 5.41) is 3.73. The van der Waals surface area contributed by atoms with Crippen molar-refractivity contribution in [2.75, 3.05) is 40.5 Å². The van der Waals surface area contributed by atoms with E-state index in [9.17, 15) is 0 Å². The lowest BCUT2D eigenvalue weighted by Gasteiger charge is -2.48. The molecule has 0 aliphatic heterocycles. The number of nitrogens with zero attached hydrogens (tertiary/aromatic N) is 1. The molecule has 0 heterocycles. The molecule has 0 aromatic heterocycles. The first kappa shape index (κ1) is 18.9. The second-order valence-electron chi connectivity index (χ2n) is 6.74. The molecule has 1 saturated carbocycles. The second-order valence-corrected chi connectivity index (χ2v) is 6.74. The molecule has 1 fully saturated rings. The molecule has 126 valence electrons. The lowest BCUT2D eigenvalue weighted by molar-refractivity contribution is -0.00520. The van der Waals surface area contributed by atoms with Gasteiger partial charge in [-0.3, -0.25) is 4.90 Å². The molecule has 1 aliphatic carbocycles. The minimum Gasteiger partial charge on any atom is -0.383 e. The van der Waals surface area contributed by atoms with Gasteiger partial charge in [-0.25, -0.2) is 0 Å². The Morgan fingerprint density at radius 3 is 2.48 bits per heavy atom. The molecule has 21 heavy (non-hydrogen) atoms. The molecular formula is C17H36N2O2. The summed E-state index contributed by atoms with van der Waals surface area (Å²) in [6, 6.07) is 1.57. The Kier molecular flexibility index (Phi) is 8.79. The van der Waals surface area contributed by atoms with Gasteiger partial charge >= 0.3 is 0 Å². The van der Waals surface area contributed by atoms with E-state index in [4.69, 9.17) is 9.47 Å².